The number of carbonyl (C=O) groups is 2. The summed E-state index contributed by atoms with van der Waals surface area (Å²) < 4.78 is 0. The Kier molecular flexibility index (Phi) is 4.06. The van der Waals surface area contributed by atoms with Crippen molar-refractivity contribution in [3.05, 3.63) is 33.9 Å². The van der Waals surface area contributed by atoms with Crippen molar-refractivity contribution in [1.29, 1.82) is 0 Å². The van der Waals surface area contributed by atoms with E-state index in [0.717, 1.165) is 18.9 Å². The molecular formula is C13H15N3O5. The molecule has 0 aliphatic carbocycles. The highest BCUT2D eigenvalue weighted by Gasteiger charge is 2.31. The summed E-state index contributed by atoms with van der Waals surface area (Å²) in [7, 11) is 0. The molecule has 0 aromatic heterocycles. The van der Waals surface area contributed by atoms with Gasteiger partial charge in [0, 0.05) is 12.6 Å². The van der Waals surface area contributed by atoms with Crippen molar-refractivity contribution in [2.45, 2.75) is 25.3 Å². The molecular weight excluding hydrogens is 278 g/mol. The van der Waals surface area contributed by atoms with Crippen molar-refractivity contribution < 1.29 is 19.6 Å². The number of hydrogen-bond donors (Lipinski definition) is 2. The van der Waals surface area contributed by atoms with Crippen LogP contribution < -0.4 is 10.6 Å². The first-order chi connectivity index (χ1) is 9.91. The first kappa shape index (κ1) is 14.8. The monoisotopic (exact) mass is 293 g/mol. The number of nitro benzene ring substituents is 1. The van der Waals surface area contributed by atoms with E-state index in [1.807, 2.05) is 0 Å². The van der Waals surface area contributed by atoms with Crippen LogP contribution in [0.15, 0.2) is 18.2 Å². The van der Waals surface area contributed by atoms with Crippen LogP contribution in [-0.2, 0) is 4.79 Å². The molecule has 1 amide bonds. The normalized spacial score (nSPS) is 18.3. The molecule has 1 aliphatic rings. The number of nitrogens with two attached hydrogens (primary N) is 1. The Morgan fingerprint density at radius 1 is 1.38 bits per heavy atom. The highest BCUT2D eigenvalue weighted by molar-refractivity contribution is 5.91. The van der Waals surface area contributed by atoms with Crippen LogP contribution in [-0.4, -0.2) is 34.5 Å². The Labute approximate surface area is 120 Å². The standard InChI is InChI=1S/C13H15N3O5/c14-12(17)10-3-1-2-6-15(10)11-7-8(13(18)19)4-5-9(11)16(20)21/h4-5,7,10H,1-3,6H2,(H2,14,17)(H,18,19). The number of piperidine rings is 1. The fourth-order valence-corrected chi connectivity index (χ4v) is 2.56. The molecule has 2 rings (SSSR count). The van der Waals surface area contributed by atoms with Gasteiger partial charge in [0.25, 0.3) is 5.69 Å². The van der Waals surface area contributed by atoms with Gasteiger partial charge in [0.1, 0.15) is 11.7 Å². The highest BCUT2D eigenvalue weighted by atomic mass is 16.6. The van der Waals surface area contributed by atoms with Crippen molar-refractivity contribution in [3.8, 4) is 0 Å². The lowest BCUT2D eigenvalue weighted by Crippen LogP contribution is -2.48. The van der Waals surface area contributed by atoms with Gasteiger partial charge in [-0.2, -0.15) is 0 Å². The number of primary amides is 1. The maximum atomic E-state index is 11.5. The molecule has 0 spiro atoms. The molecule has 1 saturated heterocycles. The summed E-state index contributed by atoms with van der Waals surface area (Å²) in [5.74, 6) is -1.75. The summed E-state index contributed by atoms with van der Waals surface area (Å²) in [4.78, 5) is 34.7. The Hall–Kier alpha value is -2.64. The molecule has 21 heavy (non-hydrogen) atoms. The number of hydrogen-bond acceptors (Lipinski definition) is 5. The highest BCUT2D eigenvalue weighted by Crippen LogP contribution is 2.33. The number of nitro groups is 1. The van der Waals surface area contributed by atoms with E-state index in [-0.39, 0.29) is 16.9 Å². The van der Waals surface area contributed by atoms with Gasteiger partial charge in [0.2, 0.25) is 5.91 Å². The van der Waals surface area contributed by atoms with Crippen molar-refractivity contribution in [1.82, 2.24) is 0 Å². The smallest absolute Gasteiger partial charge is 0.335 e. The van der Waals surface area contributed by atoms with E-state index in [1.165, 1.54) is 17.0 Å². The third-order valence-electron chi connectivity index (χ3n) is 3.56. The van der Waals surface area contributed by atoms with Crippen LogP contribution >= 0.6 is 0 Å². The molecule has 1 atom stereocenters. The molecule has 1 aromatic rings. The second-order valence-electron chi connectivity index (χ2n) is 4.87. The van der Waals surface area contributed by atoms with E-state index < -0.39 is 22.8 Å². The lowest BCUT2D eigenvalue weighted by atomic mass is 9.99. The summed E-state index contributed by atoms with van der Waals surface area (Å²) in [6.07, 6.45) is 2.07. The van der Waals surface area contributed by atoms with Crippen LogP contribution in [0.3, 0.4) is 0 Å². The summed E-state index contributed by atoms with van der Waals surface area (Å²) in [6, 6.07) is 2.89. The molecule has 1 fully saturated rings. The Morgan fingerprint density at radius 2 is 2.10 bits per heavy atom. The molecule has 8 nitrogen and oxygen atoms in total. The van der Waals surface area contributed by atoms with Crippen LogP contribution in [0.5, 0.6) is 0 Å². The molecule has 1 aliphatic heterocycles. The number of rotatable bonds is 4. The fourth-order valence-electron chi connectivity index (χ4n) is 2.56. The van der Waals surface area contributed by atoms with E-state index in [9.17, 15) is 19.7 Å². The number of benzene rings is 1. The molecule has 8 heteroatoms. The zero-order valence-electron chi connectivity index (χ0n) is 11.2. The Bertz CT molecular complexity index is 601. The number of anilines is 1. The number of amides is 1. The number of carbonyl (C=O) groups excluding carboxylic acids is 1. The van der Waals surface area contributed by atoms with Gasteiger partial charge in [0.05, 0.1) is 10.5 Å². The van der Waals surface area contributed by atoms with Crippen molar-refractivity contribution in [2.24, 2.45) is 5.73 Å². The van der Waals surface area contributed by atoms with Gasteiger partial charge in [0.15, 0.2) is 0 Å². The van der Waals surface area contributed by atoms with Crippen LogP contribution in [0.25, 0.3) is 0 Å². The van der Waals surface area contributed by atoms with Crippen LogP contribution in [0, 0.1) is 10.1 Å². The molecule has 3 N–H and O–H groups in total. The van der Waals surface area contributed by atoms with E-state index in [4.69, 9.17) is 10.8 Å². The third-order valence-corrected chi connectivity index (χ3v) is 3.56. The maximum absolute atomic E-state index is 11.5. The Morgan fingerprint density at radius 3 is 2.67 bits per heavy atom. The number of carboxylic acids is 1. The zero-order valence-corrected chi connectivity index (χ0v) is 11.2. The van der Waals surface area contributed by atoms with Crippen LogP contribution in [0.4, 0.5) is 11.4 Å². The second-order valence-corrected chi connectivity index (χ2v) is 4.87. The quantitative estimate of drug-likeness (QED) is 0.633. The lowest BCUT2D eigenvalue weighted by molar-refractivity contribution is -0.384. The molecule has 0 saturated carbocycles. The van der Waals surface area contributed by atoms with Gasteiger partial charge in [-0.15, -0.1) is 0 Å². The first-order valence-electron chi connectivity index (χ1n) is 6.49. The predicted molar refractivity (Wildman–Crippen MR) is 74.2 cm³/mol. The van der Waals surface area contributed by atoms with E-state index >= 15 is 0 Å². The minimum atomic E-state index is -1.18. The average molecular weight is 293 g/mol. The van der Waals surface area contributed by atoms with E-state index in [0.29, 0.717) is 13.0 Å². The molecule has 1 heterocycles. The molecule has 112 valence electrons. The van der Waals surface area contributed by atoms with Crippen molar-refractivity contribution in [3.63, 3.8) is 0 Å². The summed E-state index contributed by atoms with van der Waals surface area (Å²) in [5.41, 5.74) is 5.19. The molecule has 1 unspecified atom stereocenters. The van der Waals surface area contributed by atoms with Crippen molar-refractivity contribution in [2.75, 3.05) is 11.4 Å². The molecule has 1 aromatic carbocycles. The SMILES string of the molecule is NC(=O)C1CCCCN1c1cc(C(=O)O)ccc1[N+](=O)[O-]. The number of aromatic carboxylic acids is 1. The van der Waals surface area contributed by atoms with Gasteiger partial charge in [-0.1, -0.05) is 0 Å². The molecule has 0 bridgehead atoms. The predicted octanol–water partition coefficient (Wildman–Crippen LogP) is 1.14. The van der Waals surface area contributed by atoms with Gasteiger partial charge < -0.3 is 15.7 Å². The van der Waals surface area contributed by atoms with Gasteiger partial charge in [-0.25, -0.2) is 4.79 Å². The van der Waals surface area contributed by atoms with E-state index in [1.54, 1.807) is 0 Å². The zero-order chi connectivity index (χ0) is 15.6. The summed E-state index contributed by atoms with van der Waals surface area (Å²) in [6.45, 7) is 0.428. The minimum Gasteiger partial charge on any atom is -0.478 e. The number of carboxylic acid groups (broad SMARTS) is 1. The van der Waals surface area contributed by atoms with Crippen LogP contribution in [0.2, 0.25) is 0 Å². The minimum absolute atomic E-state index is 0.0654. The van der Waals surface area contributed by atoms with Gasteiger partial charge in [-0.05, 0) is 31.4 Å². The topological polar surface area (TPSA) is 127 Å². The average Bonchev–Trinajstić information content (AvgIpc) is 2.46. The van der Waals surface area contributed by atoms with E-state index in [2.05, 4.69) is 0 Å². The van der Waals surface area contributed by atoms with Gasteiger partial charge in [-0.3, -0.25) is 14.9 Å². The summed E-state index contributed by atoms with van der Waals surface area (Å²) >= 11 is 0. The van der Waals surface area contributed by atoms with Crippen LogP contribution in [0.1, 0.15) is 29.6 Å². The summed E-state index contributed by atoms with van der Waals surface area (Å²) in [5, 5.41) is 20.2. The largest absolute Gasteiger partial charge is 0.478 e. The fraction of sp³-hybridized carbons (Fsp3) is 0.385. The first-order valence-corrected chi connectivity index (χ1v) is 6.49. The van der Waals surface area contributed by atoms with Gasteiger partial charge >= 0.3 is 5.97 Å². The van der Waals surface area contributed by atoms with Crippen molar-refractivity contribution >= 4 is 23.3 Å². The second kappa shape index (κ2) is 5.78. The maximum Gasteiger partial charge on any atom is 0.335 e. The third kappa shape index (κ3) is 2.93. The number of nitrogens with zero attached hydrogens (tertiary/aromatic N) is 2. The molecule has 0 radical (unpaired) electrons. The lowest BCUT2D eigenvalue weighted by Gasteiger charge is -2.35. The Balaban J connectivity index is 2.52.